The van der Waals surface area contributed by atoms with E-state index in [0.29, 0.717) is 0 Å². The molecule has 0 bridgehead atoms. The van der Waals surface area contributed by atoms with Crippen LogP contribution in [-0.2, 0) is 0 Å². The van der Waals surface area contributed by atoms with Gasteiger partial charge in [0.1, 0.15) is 11.0 Å². The number of hydrogen-bond donors (Lipinski definition) is 0. The Morgan fingerprint density at radius 2 is 0.360 bits per heavy atom. The zero-order valence-corrected chi connectivity index (χ0v) is 49.1. The number of rotatable bonds is 10. The first-order valence-electron chi connectivity index (χ1n) is 30.6. The Morgan fingerprint density at radius 3 is 0.607 bits per heavy atom. The fraction of sp³-hybridized carbons (Fsp3) is 0. The van der Waals surface area contributed by atoms with Gasteiger partial charge in [-0.25, -0.2) is 0 Å². The summed E-state index contributed by atoms with van der Waals surface area (Å²) in [5.74, 6) is 0. The van der Waals surface area contributed by atoms with Crippen molar-refractivity contribution >= 4 is 44.3 Å². The summed E-state index contributed by atoms with van der Waals surface area (Å²) < 4.78 is 10.5. The normalized spacial score (nSPS) is 11.8. The molecular weight excluding hydrogens is 1090 g/mol. The molecule has 2 aliphatic carbocycles. The summed E-state index contributed by atoms with van der Waals surface area (Å²) in [4.78, 5) is 0. The molecule has 3 heteroatoms. The zero-order chi connectivity index (χ0) is 58.5. The molecule has 0 aliphatic heterocycles. The molecular formula is C86H52N2S. The van der Waals surface area contributed by atoms with Crippen molar-refractivity contribution in [2.45, 2.75) is 0 Å². The van der Waals surface area contributed by atoms with Crippen LogP contribution in [0.15, 0.2) is 315 Å². The standard InChI is InChI=1S/C86H52N2S/c1-9-27-53(28-10-1)71-73(55-31-13-3-14-32-55)77(59-39-21-7-22-40-59)83-69-51-47-61(63-43-25-45-67(79(63)69)81(83)75(71)57-35-17-5-18-36-57)65-49-50-66(86-85(65)87-89-88-86)62-48-52-70-80-64(62)44-26-46-68(80)82-76(58-37-19-6-20-38-58)72(54-29-11-2-12-30-54)74(56-33-15-4-16-34-56)78(84(70)82)60-41-23-8-24-42-60/h1-52H. The smallest absolute Gasteiger partial charge is 0.113 e. The van der Waals surface area contributed by atoms with Gasteiger partial charge in [0.2, 0.25) is 0 Å². The second kappa shape index (κ2) is 20.7. The van der Waals surface area contributed by atoms with E-state index in [1.54, 1.807) is 0 Å². The molecule has 0 atom stereocenters. The third-order valence-corrected chi connectivity index (χ3v) is 19.2. The molecule has 1 aromatic heterocycles. The van der Waals surface area contributed by atoms with E-state index in [-0.39, 0.29) is 0 Å². The van der Waals surface area contributed by atoms with Crippen molar-refractivity contribution < 1.29 is 0 Å². The van der Waals surface area contributed by atoms with E-state index in [4.69, 9.17) is 8.75 Å². The molecule has 0 radical (unpaired) electrons. The molecule has 1 heterocycles. The quantitative estimate of drug-likeness (QED) is 0.136. The Kier molecular flexibility index (Phi) is 11.8. The Labute approximate surface area is 521 Å². The molecule has 0 spiro atoms. The maximum Gasteiger partial charge on any atom is 0.113 e. The second-order valence-electron chi connectivity index (χ2n) is 23.3. The van der Waals surface area contributed by atoms with Crippen LogP contribution in [0.5, 0.6) is 0 Å². The van der Waals surface area contributed by atoms with E-state index in [2.05, 4.69) is 315 Å². The van der Waals surface area contributed by atoms with Gasteiger partial charge in [-0.1, -0.05) is 315 Å². The SMILES string of the molecule is c1ccc(-c2c(-c3ccccc3)c(-c3ccccc3)c3c(c2-c2ccccc2)-c2cccc4c(-c5ccc(-c6ccc7c8c(cccc68)-c6c(-c8ccccc8)c(-c8ccccc8)c(-c8ccccc8)c(-c8ccccc8)c6-7)c6nsnc56)ccc-3c24)cc1. The van der Waals surface area contributed by atoms with Crippen LogP contribution < -0.4 is 0 Å². The number of aromatic nitrogens is 2. The van der Waals surface area contributed by atoms with Gasteiger partial charge in [-0.15, -0.1) is 0 Å². The molecule has 15 aromatic carbocycles. The van der Waals surface area contributed by atoms with Crippen molar-refractivity contribution in [3.63, 3.8) is 0 Å². The van der Waals surface area contributed by atoms with E-state index < -0.39 is 0 Å². The second-order valence-corrected chi connectivity index (χ2v) is 23.9. The lowest BCUT2D eigenvalue weighted by molar-refractivity contribution is 1.54. The highest BCUT2D eigenvalue weighted by Gasteiger charge is 2.37. The van der Waals surface area contributed by atoms with Gasteiger partial charge in [0.05, 0.1) is 11.7 Å². The number of hydrogen-bond acceptors (Lipinski definition) is 3. The first-order chi connectivity index (χ1) is 44.3. The summed E-state index contributed by atoms with van der Waals surface area (Å²) in [7, 11) is 0. The number of benzene rings is 15. The van der Waals surface area contributed by atoms with Crippen molar-refractivity contribution in [3.8, 4) is 156 Å². The van der Waals surface area contributed by atoms with Crippen molar-refractivity contribution in [3.05, 3.63) is 315 Å². The fourth-order valence-corrected chi connectivity index (χ4v) is 15.7. The van der Waals surface area contributed by atoms with E-state index in [1.807, 2.05) is 0 Å². The summed E-state index contributed by atoms with van der Waals surface area (Å²) >= 11 is 1.29. The molecule has 2 aliphatic rings. The minimum absolute atomic E-state index is 0.903. The first-order valence-corrected chi connectivity index (χ1v) is 31.3. The van der Waals surface area contributed by atoms with Crippen LogP contribution in [0.2, 0.25) is 0 Å². The third-order valence-electron chi connectivity index (χ3n) is 18.7. The third kappa shape index (κ3) is 7.82. The molecule has 18 rings (SSSR count). The van der Waals surface area contributed by atoms with Crippen LogP contribution >= 0.6 is 11.7 Å². The van der Waals surface area contributed by atoms with E-state index in [0.717, 1.165) is 33.3 Å². The lowest BCUT2D eigenvalue weighted by Gasteiger charge is -2.26. The van der Waals surface area contributed by atoms with Gasteiger partial charge in [0.15, 0.2) is 0 Å². The van der Waals surface area contributed by atoms with Gasteiger partial charge in [0.25, 0.3) is 0 Å². The van der Waals surface area contributed by atoms with E-state index in [9.17, 15) is 0 Å². The van der Waals surface area contributed by atoms with Crippen molar-refractivity contribution in [2.75, 3.05) is 0 Å². The molecule has 0 saturated heterocycles. The average Bonchev–Trinajstić information content (AvgIpc) is 1.60. The highest BCUT2D eigenvalue weighted by Crippen LogP contribution is 2.64. The van der Waals surface area contributed by atoms with Gasteiger partial charge in [-0.2, -0.15) is 8.75 Å². The van der Waals surface area contributed by atoms with Crippen molar-refractivity contribution in [1.29, 1.82) is 0 Å². The topological polar surface area (TPSA) is 25.8 Å². The predicted molar refractivity (Wildman–Crippen MR) is 376 cm³/mol. The summed E-state index contributed by atoms with van der Waals surface area (Å²) in [5.41, 5.74) is 35.5. The average molecular weight is 1150 g/mol. The fourth-order valence-electron chi connectivity index (χ4n) is 15.1. The summed E-state index contributed by atoms with van der Waals surface area (Å²) in [6.07, 6.45) is 0. The monoisotopic (exact) mass is 1140 g/mol. The highest BCUT2D eigenvalue weighted by molar-refractivity contribution is 7.00. The molecule has 412 valence electrons. The summed E-state index contributed by atoms with van der Waals surface area (Å²) in [6, 6.07) is 116. The molecule has 89 heavy (non-hydrogen) atoms. The van der Waals surface area contributed by atoms with E-state index in [1.165, 1.54) is 167 Å². The highest BCUT2D eigenvalue weighted by atomic mass is 32.1. The lowest BCUT2D eigenvalue weighted by atomic mass is 9.76. The van der Waals surface area contributed by atoms with Crippen LogP contribution in [0.4, 0.5) is 0 Å². The van der Waals surface area contributed by atoms with Crippen molar-refractivity contribution in [1.82, 2.24) is 8.75 Å². The molecule has 0 saturated carbocycles. The van der Waals surface area contributed by atoms with Gasteiger partial charge in [0, 0.05) is 11.1 Å². The minimum Gasteiger partial charge on any atom is -0.172 e. The maximum atomic E-state index is 5.24. The largest absolute Gasteiger partial charge is 0.172 e. The summed E-state index contributed by atoms with van der Waals surface area (Å²) in [5, 5.41) is 4.88. The van der Waals surface area contributed by atoms with Gasteiger partial charge in [-0.3, -0.25) is 0 Å². The van der Waals surface area contributed by atoms with Gasteiger partial charge in [-0.05, 0) is 166 Å². The molecule has 0 amide bonds. The van der Waals surface area contributed by atoms with Crippen LogP contribution in [-0.4, -0.2) is 8.75 Å². The van der Waals surface area contributed by atoms with Crippen LogP contribution in [0.1, 0.15) is 0 Å². The minimum atomic E-state index is 0.903. The van der Waals surface area contributed by atoms with E-state index >= 15 is 0 Å². The Hall–Kier alpha value is -11.4. The molecule has 2 nitrogen and oxygen atoms in total. The number of nitrogens with zero attached hydrogens (tertiary/aromatic N) is 2. The molecule has 0 fully saturated rings. The van der Waals surface area contributed by atoms with Crippen LogP contribution in [0, 0.1) is 0 Å². The first kappa shape index (κ1) is 50.9. The lowest BCUT2D eigenvalue weighted by Crippen LogP contribution is -1.99. The predicted octanol–water partition coefficient (Wildman–Crippen LogP) is 24.0. The molecule has 0 unspecified atom stereocenters. The van der Waals surface area contributed by atoms with Crippen LogP contribution in [0.3, 0.4) is 0 Å². The Bertz CT molecular complexity index is 4900. The van der Waals surface area contributed by atoms with Gasteiger partial charge < -0.3 is 0 Å². The Balaban J connectivity index is 0.865. The Morgan fingerprint density at radius 1 is 0.157 bits per heavy atom. The maximum absolute atomic E-state index is 5.24. The summed E-state index contributed by atoms with van der Waals surface area (Å²) in [6.45, 7) is 0. The van der Waals surface area contributed by atoms with Crippen molar-refractivity contribution in [2.24, 2.45) is 0 Å². The van der Waals surface area contributed by atoms with Gasteiger partial charge >= 0.3 is 0 Å². The molecule has 0 N–H and O–H groups in total. The zero-order valence-electron chi connectivity index (χ0n) is 48.3. The molecule has 16 aromatic rings. The van der Waals surface area contributed by atoms with Crippen LogP contribution in [0.25, 0.3) is 188 Å². The number of fused-ring (bicyclic) bond motifs is 7.